The van der Waals surface area contributed by atoms with E-state index >= 15 is 0 Å². The highest BCUT2D eigenvalue weighted by atomic mass is 16.5. The first-order valence-corrected chi connectivity index (χ1v) is 6.60. The third-order valence-corrected chi connectivity index (χ3v) is 3.28. The molecule has 1 amide bonds. The zero-order chi connectivity index (χ0) is 14.7. The van der Waals surface area contributed by atoms with Gasteiger partial charge in [-0.1, -0.05) is 12.1 Å². The van der Waals surface area contributed by atoms with Crippen molar-refractivity contribution in [3.05, 3.63) is 60.0 Å². The van der Waals surface area contributed by atoms with Crippen molar-refractivity contribution < 1.29 is 9.53 Å². The summed E-state index contributed by atoms with van der Waals surface area (Å²) in [4.78, 5) is 19.2. The van der Waals surface area contributed by atoms with Gasteiger partial charge in [-0.05, 0) is 35.2 Å². The van der Waals surface area contributed by atoms with E-state index in [1.807, 2.05) is 30.5 Å². The number of H-pyrrole nitrogens is 1. The molecular formula is C16H15N3O2. The Morgan fingerprint density at radius 3 is 2.95 bits per heavy atom. The second-order valence-corrected chi connectivity index (χ2v) is 4.67. The van der Waals surface area contributed by atoms with Crippen LogP contribution in [0.25, 0.3) is 10.9 Å². The van der Waals surface area contributed by atoms with Crippen LogP contribution in [0.4, 0.5) is 0 Å². The van der Waals surface area contributed by atoms with Crippen molar-refractivity contribution in [3.63, 3.8) is 0 Å². The van der Waals surface area contributed by atoms with Crippen molar-refractivity contribution >= 4 is 16.8 Å². The Labute approximate surface area is 122 Å². The number of hydrogen-bond acceptors (Lipinski definition) is 3. The summed E-state index contributed by atoms with van der Waals surface area (Å²) in [6.45, 7) is 0.460. The van der Waals surface area contributed by atoms with Crippen LogP contribution in [0.1, 0.15) is 16.1 Å². The number of benzene rings is 1. The second kappa shape index (κ2) is 5.66. The molecule has 0 saturated carbocycles. The number of rotatable bonds is 4. The van der Waals surface area contributed by atoms with Crippen molar-refractivity contribution in [1.29, 1.82) is 0 Å². The average Bonchev–Trinajstić information content (AvgIpc) is 3.00. The molecule has 0 atom stereocenters. The second-order valence-electron chi connectivity index (χ2n) is 4.67. The number of amides is 1. The number of nitrogens with one attached hydrogen (secondary N) is 2. The maximum absolute atomic E-state index is 12.0. The van der Waals surface area contributed by atoms with Crippen LogP contribution in [-0.2, 0) is 6.54 Å². The van der Waals surface area contributed by atoms with Gasteiger partial charge in [0, 0.05) is 18.3 Å². The van der Waals surface area contributed by atoms with Gasteiger partial charge in [-0.15, -0.1) is 0 Å². The highest BCUT2D eigenvalue weighted by Gasteiger charge is 2.07. The lowest BCUT2D eigenvalue weighted by atomic mass is 10.1. The van der Waals surface area contributed by atoms with E-state index in [9.17, 15) is 4.79 Å². The minimum atomic E-state index is -0.204. The topological polar surface area (TPSA) is 67.0 Å². The number of fused-ring (bicyclic) bond motifs is 1. The summed E-state index contributed by atoms with van der Waals surface area (Å²) in [7, 11) is 1.56. The van der Waals surface area contributed by atoms with Crippen LogP contribution in [-0.4, -0.2) is 23.0 Å². The normalized spacial score (nSPS) is 10.5. The molecule has 5 heteroatoms. The number of methoxy groups -OCH3 is 1. The highest BCUT2D eigenvalue weighted by Crippen LogP contribution is 2.14. The van der Waals surface area contributed by atoms with E-state index in [1.54, 1.807) is 19.2 Å². The van der Waals surface area contributed by atoms with Gasteiger partial charge >= 0.3 is 0 Å². The van der Waals surface area contributed by atoms with Gasteiger partial charge in [0.25, 0.3) is 5.91 Å². The molecule has 21 heavy (non-hydrogen) atoms. The molecule has 0 spiro atoms. The lowest BCUT2D eigenvalue weighted by Crippen LogP contribution is -2.23. The lowest BCUT2D eigenvalue weighted by molar-refractivity contribution is 0.0946. The number of aromatic nitrogens is 2. The molecule has 106 valence electrons. The molecule has 0 fully saturated rings. The third kappa shape index (κ3) is 2.86. The van der Waals surface area contributed by atoms with Crippen molar-refractivity contribution in [2.45, 2.75) is 6.54 Å². The summed E-state index contributed by atoms with van der Waals surface area (Å²) in [5, 5.41) is 4.01. The fourth-order valence-electron chi connectivity index (χ4n) is 2.11. The molecular weight excluding hydrogens is 266 g/mol. The van der Waals surface area contributed by atoms with Crippen LogP contribution >= 0.6 is 0 Å². The van der Waals surface area contributed by atoms with Gasteiger partial charge in [0.15, 0.2) is 0 Å². The largest absolute Gasteiger partial charge is 0.495 e. The molecule has 5 nitrogen and oxygen atoms in total. The number of nitrogens with zero attached hydrogens (tertiary/aromatic N) is 1. The van der Waals surface area contributed by atoms with Crippen LogP contribution in [0.15, 0.2) is 48.8 Å². The Hall–Kier alpha value is -2.82. The van der Waals surface area contributed by atoms with E-state index in [1.165, 1.54) is 6.20 Å². The van der Waals surface area contributed by atoms with E-state index in [4.69, 9.17) is 4.74 Å². The summed E-state index contributed by atoms with van der Waals surface area (Å²) in [6, 6.07) is 11.4. The molecule has 0 aliphatic carbocycles. The van der Waals surface area contributed by atoms with Crippen LogP contribution in [0.3, 0.4) is 0 Å². The van der Waals surface area contributed by atoms with Crippen molar-refractivity contribution in [3.8, 4) is 5.75 Å². The first-order valence-electron chi connectivity index (χ1n) is 6.60. The SMILES string of the molecule is COc1ccc(C(=O)NCc2ccc3cc[nH]c3c2)nc1. The van der Waals surface area contributed by atoms with Gasteiger partial charge in [0.05, 0.1) is 13.3 Å². The monoisotopic (exact) mass is 281 g/mol. The molecule has 1 aromatic carbocycles. The van der Waals surface area contributed by atoms with Gasteiger partial charge < -0.3 is 15.0 Å². The van der Waals surface area contributed by atoms with Gasteiger partial charge in [-0.2, -0.15) is 0 Å². The standard InChI is InChI=1S/C16H15N3O2/c1-21-13-4-5-14(18-10-13)16(20)19-9-11-2-3-12-6-7-17-15(12)8-11/h2-8,10,17H,9H2,1H3,(H,19,20). The number of carbonyl (C=O) groups excluding carboxylic acids is 1. The zero-order valence-electron chi connectivity index (χ0n) is 11.6. The summed E-state index contributed by atoms with van der Waals surface area (Å²) in [6.07, 6.45) is 3.42. The van der Waals surface area contributed by atoms with E-state index in [0.29, 0.717) is 18.0 Å². The number of carbonyl (C=O) groups is 1. The van der Waals surface area contributed by atoms with Gasteiger partial charge in [0.1, 0.15) is 11.4 Å². The Kier molecular flexibility index (Phi) is 3.55. The smallest absolute Gasteiger partial charge is 0.270 e. The average molecular weight is 281 g/mol. The molecule has 2 heterocycles. The first kappa shape index (κ1) is 13.2. The lowest BCUT2D eigenvalue weighted by Gasteiger charge is -2.06. The zero-order valence-corrected chi connectivity index (χ0v) is 11.6. The number of pyridine rings is 1. The van der Waals surface area contributed by atoms with Crippen LogP contribution < -0.4 is 10.1 Å². The third-order valence-electron chi connectivity index (χ3n) is 3.28. The predicted octanol–water partition coefficient (Wildman–Crippen LogP) is 2.50. The minimum Gasteiger partial charge on any atom is -0.495 e. The molecule has 0 radical (unpaired) electrons. The molecule has 0 saturated heterocycles. The molecule has 3 rings (SSSR count). The maximum Gasteiger partial charge on any atom is 0.270 e. The minimum absolute atomic E-state index is 0.204. The molecule has 2 N–H and O–H groups in total. The summed E-state index contributed by atoms with van der Waals surface area (Å²) >= 11 is 0. The Morgan fingerprint density at radius 2 is 2.19 bits per heavy atom. The molecule has 0 unspecified atom stereocenters. The van der Waals surface area contributed by atoms with E-state index in [-0.39, 0.29) is 5.91 Å². The van der Waals surface area contributed by atoms with Gasteiger partial charge in [-0.3, -0.25) is 4.79 Å². The molecule has 0 aliphatic rings. The predicted molar refractivity (Wildman–Crippen MR) is 80.3 cm³/mol. The van der Waals surface area contributed by atoms with E-state index in [0.717, 1.165) is 16.5 Å². The van der Waals surface area contributed by atoms with E-state index < -0.39 is 0 Å². The molecule has 0 bridgehead atoms. The van der Waals surface area contributed by atoms with Gasteiger partial charge in [-0.25, -0.2) is 4.98 Å². The highest BCUT2D eigenvalue weighted by molar-refractivity contribution is 5.92. The number of hydrogen-bond donors (Lipinski definition) is 2. The quantitative estimate of drug-likeness (QED) is 0.772. The first-order chi connectivity index (χ1) is 10.3. The summed E-state index contributed by atoms with van der Waals surface area (Å²) in [5.41, 5.74) is 2.47. The van der Waals surface area contributed by atoms with Crippen molar-refractivity contribution in [1.82, 2.24) is 15.3 Å². The number of ether oxygens (including phenoxy) is 1. The fourth-order valence-corrected chi connectivity index (χ4v) is 2.11. The van der Waals surface area contributed by atoms with E-state index in [2.05, 4.69) is 15.3 Å². The van der Waals surface area contributed by atoms with Crippen molar-refractivity contribution in [2.75, 3.05) is 7.11 Å². The maximum atomic E-state index is 12.0. The Balaban J connectivity index is 1.66. The number of aromatic amines is 1. The Morgan fingerprint density at radius 1 is 1.29 bits per heavy atom. The van der Waals surface area contributed by atoms with Crippen LogP contribution in [0, 0.1) is 0 Å². The molecule has 3 aromatic rings. The molecule has 0 aliphatic heterocycles. The fraction of sp³-hybridized carbons (Fsp3) is 0.125. The van der Waals surface area contributed by atoms with Crippen LogP contribution in [0.2, 0.25) is 0 Å². The summed E-state index contributed by atoms with van der Waals surface area (Å²) < 4.78 is 5.01. The Bertz CT molecular complexity index is 763. The van der Waals surface area contributed by atoms with Crippen LogP contribution in [0.5, 0.6) is 5.75 Å². The summed E-state index contributed by atoms with van der Waals surface area (Å²) in [5.74, 6) is 0.424. The van der Waals surface area contributed by atoms with Crippen molar-refractivity contribution in [2.24, 2.45) is 0 Å². The molecule has 2 aromatic heterocycles. The van der Waals surface area contributed by atoms with Gasteiger partial charge in [0.2, 0.25) is 0 Å².